The molecule has 1 aromatic rings. The molecule has 0 bridgehead atoms. The van der Waals surface area contributed by atoms with E-state index in [2.05, 4.69) is 0 Å². The smallest absolute Gasteiger partial charge is 0.466 e. The molecule has 0 saturated carbocycles. The van der Waals surface area contributed by atoms with E-state index in [0.717, 1.165) is 0 Å². The largest absolute Gasteiger partial charge is 0.480 e. The van der Waals surface area contributed by atoms with E-state index in [4.69, 9.17) is 9.84 Å². The number of hydrazine groups is 1. The van der Waals surface area contributed by atoms with Crippen LogP contribution >= 0.6 is 0 Å². The van der Waals surface area contributed by atoms with Crippen molar-refractivity contribution in [2.75, 3.05) is 11.6 Å². The molecule has 0 aromatic heterocycles. The number of hydrogen-bond donors (Lipinski definition) is 1. The lowest BCUT2D eigenvalue weighted by molar-refractivity contribution is -0.681. The highest BCUT2D eigenvalue weighted by atomic mass is 16.7. The molecule has 10 nitrogen and oxygen atoms in total. The van der Waals surface area contributed by atoms with Gasteiger partial charge in [0, 0.05) is 5.01 Å². The first-order chi connectivity index (χ1) is 9.38. The fraction of sp³-hybridized carbons (Fsp3) is 0.300. The van der Waals surface area contributed by atoms with Gasteiger partial charge in [0.05, 0.1) is 4.92 Å². The van der Waals surface area contributed by atoms with Gasteiger partial charge in [-0.1, -0.05) is 18.2 Å². The minimum absolute atomic E-state index is 0.0135. The molecule has 0 amide bonds. The SMILES string of the molecule is O=C(O)COC1([N+](=O)[O-])Cc2ccccc2N1[N+](=O)[O-]. The van der Waals surface area contributed by atoms with E-state index in [1.165, 1.54) is 18.2 Å². The molecule has 1 heterocycles. The first-order valence-electron chi connectivity index (χ1n) is 5.41. The summed E-state index contributed by atoms with van der Waals surface area (Å²) in [4.78, 5) is 31.9. The Morgan fingerprint density at radius 2 is 2.05 bits per heavy atom. The van der Waals surface area contributed by atoms with E-state index in [-0.39, 0.29) is 10.7 Å². The van der Waals surface area contributed by atoms with Gasteiger partial charge in [-0.05, 0) is 11.6 Å². The van der Waals surface area contributed by atoms with Gasteiger partial charge in [0.25, 0.3) is 0 Å². The molecule has 1 aliphatic heterocycles. The van der Waals surface area contributed by atoms with Gasteiger partial charge in [-0.3, -0.25) is 14.9 Å². The summed E-state index contributed by atoms with van der Waals surface area (Å²) in [6, 6.07) is 5.89. The fourth-order valence-corrected chi connectivity index (χ4v) is 2.08. The molecule has 1 atom stereocenters. The maximum absolute atomic E-state index is 11.3. The molecule has 0 spiro atoms. The molecule has 0 aliphatic carbocycles. The predicted octanol–water partition coefficient (Wildman–Crippen LogP) is 0.273. The number of nitrogens with zero attached hydrogens (tertiary/aromatic N) is 3. The van der Waals surface area contributed by atoms with Gasteiger partial charge in [0.15, 0.2) is 11.6 Å². The Balaban J connectivity index is 2.49. The summed E-state index contributed by atoms with van der Waals surface area (Å²) in [5.41, 5.74) is 0.353. The van der Waals surface area contributed by atoms with Gasteiger partial charge < -0.3 is 5.11 Å². The van der Waals surface area contributed by atoms with Crippen molar-refractivity contribution in [1.29, 1.82) is 0 Å². The van der Waals surface area contributed by atoms with Crippen molar-refractivity contribution in [3.8, 4) is 0 Å². The van der Waals surface area contributed by atoms with Crippen molar-refractivity contribution in [2.24, 2.45) is 0 Å². The topological polar surface area (TPSA) is 136 Å². The minimum atomic E-state index is -2.55. The van der Waals surface area contributed by atoms with Crippen LogP contribution in [-0.2, 0) is 16.0 Å². The summed E-state index contributed by atoms with van der Waals surface area (Å²) >= 11 is 0. The fourth-order valence-electron chi connectivity index (χ4n) is 2.08. The lowest BCUT2D eigenvalue weighted by atomic mass is 10.1. The van der Waals surface area contributed by atoms with Crippen molar-refractivity contribution >= 4 is 11.7 Å². The average molecular weight is 283 g/mol. The quantitative estimate of drug-likeness (QED) is 0.462. The molecule has 1 aromatic carbocycles. The van der Waals surface area contributed by atoms with E-state index < -0.39 is 34.8 Å². The van der Waals surface area contributed by atoms with Gasteiger partial charge in [-0.2, -0.15) is 0 Å². The van der Waals surface area contributed by atoms with Crippen LogP contribution in [0, 0.1) is 20.2 Å². The van der Waals surface area contributed by atoms with E-state index in [9.17, 15) is 25.0 Å². The van der Waals surface area contributed by atoms with Crippen molar-refractivity contribution in [3.05, 3.63) is 50.1 Å². The molecule has 2 rings (SSSR count). The highest BCUT2D eigenvalue weighted by Crippen LogP contribution is 2.39. The molecule has 106 valence electrons. The Bertz CT molecular complexity index is 590. The Kier molecular flexibility index (Phi) is 3.24. The van der Waals surface area contributed by atoms with E-state index in [1.807, 2.05) is 0 Å². The van der Waals surface area contributed by atoms with Crippen molar-refractivity contribution in [3.63, 3.8) is 0 Å². The first kappa shape index (κ1) is 13.7. The van der Waals surface area contributed by atoms with E-state index >= 15 is 0 Å². The molecule has 20 heavy (non-hydrogen) atoms. The highest BCUT2D eigenvalue weighted by Gasteiger charge is 2.63. The van der Waals surface area contributed by atoms with Gasteiger partial charge in [-0.15, -0.1) is 0 Å². The second-order valence-corrected chi connectivity index (χ2v) is 4.04. The molecule has 1 unspecified atom stereocenters. The molecule has 10 heteroatoms. The first-order valence-corrected chi connectivity index (χ1v) is 5.41. The zero-order chi connectivity index (χ0) is 14.9. The van der Waals surface area contributed by atoms with Crippen LogP contribution in [0.1, 0.15) is 5.56 Å². The third-order valence-corrected chi connectivity index (χ3v) is 2.85. The predicted molar refractivity (Wildman–Crippen MR) is 62.9 cm³/mol. The van der Waals surface area contributed by atoms with Crippen molar-refractivity contribution in [2.45, 2.75) is 12.3 Å². The number of carbonyl (C=O) groups is 1. The highest BCUT2D eigenvalue weighted by molar-refractivity contribution is 5.68. The number of benzene rings is 1. The average Bonchev–Trinajstić information content (AvgIpc) is 2.71. The van der Waals surface area contributed by atoms with E-state index in [1.54, 1.807) is 6.07 Å². The number of para-hydroxylation sites is 1. The summed E-state index contributed by atoms with van der Waals surface area (Å²) in [5.74, 6) is -4.00. The summed E-state index contributed by atoms with van der Waals surface area (Å²) in [7, 11) is 0. The Labute approximate surface area is 111 Å². The zero-order valence-electron chi connectivity index (χ0n) is 9.96. The number of aliphatic carboxylic acids is 1. The maximum atomic E-state index is 11.3. The Morgan fingerprint density at radius 3 is 2.60 bits per heavy atom. The molecule has 1 aliphatic rings. The third kappa shape index (κ3) is 2.01. The summed E-state index contributed by atoms with van der Waals surface area (Å²) < 4.78 is 4.76. The number of rotatable bonds is 5. The van der Waals surface area contributed by atoms with Crippen LogP contribution in [0.25, 0.3) is 0 Å². The van der Waals surface area contributed by atoms with Crippen LogP contribution in [0.15, 0.2) is 24.3 Å². The number of carboxylic acid groups (broad SMARTS) is 1. The molecule has 0 saturated heterocycles. The third-order valence-electron chi connectivity index (χ3n) is 2.85. The Hall–Kier alpha value is -2.75. The molecule has 0 radical (unpaired) electrons. The summed E-state index contributed by atoms with van der Waals surface area (Å²) in [5, 5.41) is 30.2. The Morgan fingerprint density at radius 1 is 1.40 bits per heavy atom. The van der Waals surface area contributed by atoms with Crippen molar-refractivity contribution < 1.29 is 24.6 Å². The standard InChI is InChI=1S/C10H9N3O7/c14-9(15)6-20-10(12(16)17)5-7-3-1-2-4-8(7)11(10)13(18)19/h1-4H,5-6H2,(H,14,15). The number of anilines is 1. The number of nitro groups is 2. The van der Waals surface area contributed by atoms with Gasteiger partial charge in [0.2, 0.25) is 0 Å². The van der Waals surface area contributed by atoms with Crippen LogP contribution in [0.2, 0.25) is 0 Å². The normalized spacial score (nSPS) is 20.5. The second kappa shape index (κ2) is 4.74. The summed E-state index contributed by atoms with van der Waals surface area (Å²) in [6.07, 6.45) is -0.412. The number of ether oxygens (including phenoxy) is 1. The molecule has 0 fully saturated rings. The second-order valence-electron chi connectivity index (χ2n) is 4.04. The number of hydrogen-bond acceptors (Lipinski definition) is 6. The van der Waals surface area contributed by atoms with Crippen LogP contribution < -0.4 is 5.01 Å². The van der Waals surface area contributed by atoms with Crippen LogP contribution in [0.3, 0.4) is 0 Å². The minimum Gasteiger partial charge on any atom is -0.480 e. The molecule has 1 N–H and O–H groups in total. The summed E-state index contributed by atoms with van der Waals surface area (Å²) in [6.45, 7) is -1.01. The monoisotopic (exact) mass is 283 g/mol. The van der Waals surface area contributed by atoms with E-state index in [0.29, 0.717) is 5.56 Å². The van der Waals surface area contributed by atoms with Crippen LogP contribution in [-0.4, -0.2) is 33.5 Å². The zero-order valence-corrected chi connectivity index (χ0v) is 9.96. The molecular weight excluding hydrogens is 274 g/mol. The van der Waals surface area contributed by atoms with Crippen molar-refractivity contribution in [1.82, 2.24) is 0 Å². The lowest BCUT2D eigenvalue weighted by Gasteiger charge is -2.22. The maximum Gasteiger partial charge on any atom is 0.466 e. The van der Waals surface area contributed by atoms with Crippen LogP contribution in [0.5, 0.6) is 0 Å². The van der Waals surface area contributed by atoms with Gasteiger partial charge >= 0.3 is 11.8 Å². The number of carboxylic acids is 1. The van der Waals surface area contributed by atoms with Gasteiger partial charge in [0.1, 0.15) is 12.1 Å². The number of fused-ring (bicyclic) bond motifs is 1. The lowest BCUT2D eigenvalue weighted by Crippen LogP contribution is -2.58. The van der Waals surface area contributed by atoms with Gasteiger partial charge in [-0.25, -0.2) is 14.9 Å². The molecular formula is C10H9N3O7. The van der Waals surface area contributed by atoms with Crippen LogP contribution in [0.4, 0.5) is 5.69 Å².